The minimum Gasteiger partial charge on any atom is -0.353 e. The van der Waals surface area contributed by atoms with E-state index in [0.717, 1.165) is 45.6 Å². The molecule has 0 unspecified atom stereocenters. The molecule has 1 heterocycles. The Kier molecular flexibility index (Phi) is 6.84. The van der Waals surface area contributed by atoms with Crippen LogP contribution < -0.4 is 5.32 Å². The Labute approximate surface area is 116 Å². The number of hydrogen-bond donors (Lipinski definition) is 1. The monoisotopic (exact) mass is 269 g/mol. The van der Waals surface area contributed by atoms with E-state index in [9.17, 15) is 9.59 Å². The van der Waals surface area contributed by atoms with Gasteiger partial charge in [-0.2, -0.15) is 0 Å². The van der Waals surface area contributed by atoms with Crippen LogP contribution >= 0.6 is 0 Å². The van der Waals surface area contributed by atoms with Crippen LogP contribution in [0.15, 0.2) is 0 Å². The summed E-state index contributed by atoms with van der Waals surface area (Å²) in [5.41, 5.74) is 0. The fraction of sp³-hybridized carbons (Fsp3) is 0.857. The van der Waals surface area contributed by atoms with Gasteiger partial charge < -0.3 is 10.2 Å². The third kappa shape index (κ3) is 5.59. The van der Waals surface area contributed by atoms with E-state index in [2.05, 4.69) is 24.1 Å². The van der Waals surface area contributed by atoms with E-state index in [-0.39, 0.29) is 11.8 Å². The average molecular weight is 269 g/mol. The molecule has 0 saturated carbocycles. The van der Waals surface area contributed by atoms with Gasteiger partial charge in [-0.1, -0.05) is 13.8 Å². The minimum atomic E-state index is 0.141. The lowest BCUT2D eigenvalue weighted by molar-refractivity contribution is -0.131. The standard InChI is InChI=1S/C14H27N3O2/c1-4-13(5-2)15-14(19)6-7-16-8-10-17(11-9-16)12(3)18/h13H,4-11H2,1-3H3,(H,15,19). The molecule has 1 aliphatic rings. The van der Waals surface area contributed by atoms with Crippen LogP contribution in [-0.2, 0) is 9.59 Å². The van der Waals surface area contributed by atoms with Crippen LogP contribution in [0.5, 0.6) is 0 Å². The van der Waals surface area contributed by atoms with Crippen molar-refractivity contribution in [1.29, 1.82) is 0 Å². The summed E-state index contributed by atoms with van der Waals surface area (Å²) in [5.74, 6) is 0.286. The van der Waals surface area contributed by atoms with Gasteiger partial charge in [0.2, 0.25) is 11.8 Å². The van der Waals surface area contributed by atoms with E-state index >= 15 is 0 Å². The van der Waals surface area contributed by atoms with Gasteiger partial charge in [0.15, 0.2) is 0 Å². The summed E-state index contributed by atoms with van der Waals surface area (Å²) < 4.78 is 0. The van der Waals surface area contributed by atoms with Gasteiger partial charge in [0, 0.05) is 52.1 Å². The zero-order chi connectivity index (χ0) is 14.3. The molecule has 0 aliphatic carbocycles. The Hall–Kier alpha value is -1.10. The topological polar surface area (TPSA) is 52.7 Å². The first-order valence-corrected chi connectivity index (χ1v) is 7.34. The number of carbonyl (C=O) groups is 2. The molecule has 1 N–H and O–H groups in total. The van der Waals surface area contributed by atoms with E-state index in [0.29, 0.717) is 12.5 Å². The van der Waals surface area contributed by atoms with Crippen molar-refractivity contribution in [3.05, 3.63) is 0 Å². The van der Waals surface area contributed by atoms with Crippen LogP contribution in [0.2, 0.25) is 0 Å². The number of piperazine rings is 1. The number of carbonyl (C=O) groups excluding carboxylic acids is 2. The van der Waals surface area contributed by atoms with Crippen LogP contribution in [0.4, 0.5) is 0 Å². The van der Waals surface area contributed by atoms with E-state index in [1.165, 1.54) is 0 Å². The van der Waals surface area contributed by atoms with Gasteiger partial charge in [0.1, 0.15) is 0 Å². The van der Waals surface area contributed by atoms with E-state index in [1.54, 1.807) is 6.92 Å². The normalized spacial score (nSPS) is 16.7. The summed E-state index contributed by atoms with van der Waals surface area (Å²) in [5, 5.41) is 3.05. The Morgan fingerprint density at radius 1 is 1.11 bits per heavy atom. The molecule has 0 atom stereocenters. The molecule has 1 aliphatic heterocycles. The van der Waals surface area contributed by atoms with Crippen LogP contribution in [0.3, 0.4) is 0 Å². The predicted octanol–water partition coefficient (Wildman–Crippen LogP) is 0.845. The highest BCUT2D eigenvalue weighted by Crippen LogP contribution is 2.03. The molecule has 5 heteroatoms. The Morgan fingerprint density at radius 2 is 1.68 bits per heavy atom. The molecule has 1 fully saturated rings. The Bertz CT molecular complexity index is 295. The summed E-state index contributed by atoms with van der Waals surface area (Å²) in [6.45, 7) is 9.89. The van der Waals surface area contributed by atoms with Crippen LogP contribution in [0, 0.1) is 0 Å². The third-order valence-corrected chi connectivity index (χ3v) is 3.82. The number of hydrogen-bond acceptors (Lipinski definition) is 3. The lowest BCUT2D eigenvalue weighted by Gasteiger charge is -2.34. The molecular weight excluding hydrogens is 242 g/mol. The van der Waals surface area contributed by atoms with Crippen molar-refractivity contribution in [2.75, 3.05) is 32.7 Å². The van der Waals surface area contributed by atoms with E-state index < -0.39 is 0 Å². The zero-order valence-corrected chi connectivity index (χ0v) is 12.4. The van der Waals surface area contributed by atoms with Crippen LogP contribution in [-0.4, -0.2) is 60.4 Å². The lowest BCUT2D eigenvalue weighted by Crippen LogP contribution is -2.48. The SMILES string of the molecule is CCC(CC)NC(=O)CCN1CCN(C(C)=O)CC1. The highest BCUT2D eigenvalue weighted by Gasteiger charge is 2.19. The smallest absolute Gasteiger partial charge is 0.221 e. The fourth-order valence-electron chi connectivity index (χ4n) is 2.34. The summed E-state index contributed by atoms with van der Waals surface area (Å²) in [6.07, 6.45) is 2.52. The summed E-state index contributed by atoms with van der Waals surface area (Å²) >= 11 is 0. The van der Waals surface area contributed by atoms with Gasteiger partial charge in [-0.25, -0.2) is 0 Å². The largest absolute Gasteiger partial charge is 0.353 e. The quantitative estimate of drug-likeness (QED) is 0.777. The van der Waals surface area contributed by atoms with Crippen molar-refractivity contribution in [3.8, 4) is 0 Å². The molecule has 0 radical (unpaired) electrons. The minimum absolute atomic E-state index is 0.141. The third-order valence-electron chi connectivity index (χ3n) is 3.82. The van der Waals surface area contributed by atoms with Crippen molar-refractivity contribution in [2.24, 2.45) is 0 Å². The second-order valence-corrected chi connectivity index (χ2v) is 5.18. The second kappa shape index (κ2) is 8.15. The molecule has 5 nitrogen and oxygen atoms in total. The van der Waals surface area contributed by atoms with Gasteiger partial charge in [-0.15, -0.1) is 0 Å². The van der Waals surface area contributed by atoms with Crippen molar-refractivity contribution in [3.63, 3.8) is 0 Å². The van der Waals surface area contributed by atoms with Gasteiger partial charge in [-0.3, -0.25) is 14.5 Å². The summed E-state index contributed by atoms with van der Waals surface area (Å²) in [7, 11) is 0. The lowest BCUT2D eigenvalue weighted by atomic mass is 10.1. The predicted molar refractivity (Wildman–Crippen MR) is 75.8 cm³/mol. The molecule has 110 valence electrons. The first-order chi connectivity index (χ1) is 9.06. The second-order valence-electron chi connectivity index (χ2n) is 5.18. The molecule has 1 rings (SSSR count). The summed E-state index contributed by atoms with van der Waals surface area (Å²) in [4.78, 5) is 27.1. The van der Waals surface area contributed by atoms with Crippen LogP contribution in [0.25, 0.3) is 0 Å². The van der Waals surface area contributed by atoms with Crippen LogP contribution in [0.1, 0.15) is 40.0 Å². The highest BCUT2D eigenvalue weighted by molar-refractivity contribution is 5.76. The van der Waals surface area contributed by atoms with Crippen molar-refractivity contribution in [2.45, 2.75) is 46.1 Å². The van der Waals surface area contributed by atoms with Crippen molar-refractivity contribution >= 4 is 11.8 Å². The van der Waals surface area contributed by atoms with Gasteiger partial charge >= 0.3 is 0 Å². The molecule has 0 aromatic carbocycles. The number of amides is 2. The van der Waals surface area contributed by atoms with Crippen molar-refractivity contribution < 1.29 is 9.59 Å². The first kappa shape index (κ1) is 16.0. The molecule has 0 aromatic heterocycles. The fourth-order valence-corrected chi connectivity index (χ4v) is 2.34. The zero-order valence-electron chi connectivity index (χ0n) is 12.4. The summed E-state index contributed by atoms with van der Waals surface area (Å²) in [6, 6.07) is 0.307. The number of rotatable bonds is 6. The molecule has 2 amide bonds. The highest BCUT2D eigenvalue weighted by atomic mass is 16.2. The molecule has 0 aromatic rings. The number of nitrogens with zero attached hydrogens (tertiary/aromatic N) is 2. The molecule has 19 heavy (non-hydrogen) atoms. The number of nitrogens with one attached hydrogen (secondary N) is 1. The van der Waals surface area contributed by atoms with Gasteiger partial charge in [0.05, 0.1) is 0 Å². The Balaban J connectivity index is 2.20. The molecular formula is C14H27N3O2. The molecule has 0 bridgehead atoms. The van der Waals surface area contributed by atoms with Crippen molar-refractivity contribution in [1.82, 2.24) is 15.1 Å². The maximum Gasteiger partial charge on any atom is 0.221 e. The van der Waals surface area contributed by atoms with Gasteiger partial charge in [-0.05, 0) is 12.8 Å². The van der Waals surface area contributed by atoms with E-state index in [1.807, 2.05) is 4.90 Å². The van der Waals surface area contributed by atoms with Gasteiger partial charge in [0.25, 0.3) is 0 Å². The first-order valence-electron chi connectivity index (χ1n) is 7.34. The molecule has 1 saturated heterocycles. The Morgan fingerprint density at radius 3 is 2.16 bits per heavy atom. The maximum absolute atomic E-state index is 11.8. The molecule has 0 spiro atoms. The van der Waals surface area contributed by atoms with E-state index in [4.69, 9.17) is 0 Å². The maximum atomic E-state index is 11.8. The average Bonchev–Trinajstić information content (AvgIpc) is 2.43.